The molecule has 0 radical (unpaired) electrons. The van der Waals surface area contributed by atoms with Gasteiger partial charge in [0.2, 0.25) is 0 Å². The number of hydrogen-bond donors (Lipinski definition) is 3. The van der Waals surface area contributed by atoms with Gasteiger partial charge in [-0.05, 0) is 22.4 Å². The molecule has 0 unspecified atom stereocenters. The van der Waals surface area contributed by atoms with Crippen LogP contribution in [0, 0.1) is 0 Å². The molecule has 27 heavy (non-hydrogen) atoms. The number of alkyl halides is 3. The van der Waals surface area contributed by atoms with Gasteiger partial charge in [0.1, 0.15) is 12.3 Å². The summed E-state index contributed by atoms with van der Waals surface area (Å²) in [6.07, 6.45) is -4.51. The number of carbonyl (C=O) groups is 1. The van der Waals surface area contributed by atoms with E-state index in [0.29, 0.717) is 16.5 Å². The summed E-state index contributed by atoms with van der Waals surface area (Å²) in [6, 6.07) is 17.4. The summed E-state index contributed by atoms with van der Waals surface area (Å²) < 4.78 is 37.2. The van der Waals surface area contributed by atoms with Crippen LogP contribution in [0.15, 0.2) is 66.7 Å². The van der Waals surface area contributed by atoms with Crippen molar-refractivity contribution in [2.24, 2.45) is 0 Å². The monoisotopic (exact) mass is 374 g/mol. The molecule has 1 atom stereocenters. The Kier molecular flexibility index (Phi) is 5.21. The van der Waals surface area contributed by atoms with Gasteiger partial charge in [0, 0.05) is 5.56 Å². The van der Waals surface area contributed by atoms with Gasteiger partial charge in [0.25, 0.3) is 0 Å². The lowest BCUT2D eigenvalue weighted by molar-refractivity contribution is -0.122. The lowest BCUT2D eigenvalue weighted by Gasteiger charge is -2.23. The van der Waals surface area contributed by atoms with Crippen molar-refractivity contribution in [2.75, 3.05) is 6.54 Å². The number of nitrogens with one attached hydrogen (secondary N) is 2. The van der Waals surface area contributed by atoms with Gasteiger partial charge < -0.3 is 15.7 Å². The molecule has 0 saturated heterocycles. The number of rotatable bonds is 4. The fraction of sp³-hybridized carbons (Fsp3) is 0.150. The molecule has 2 amide bonds. The second-order valence-electron chi connectivity index (χ2n) is 6.01. The molecule has 3 rings (SSSR count). The molecule has 0 fully saturated rings. The summed E-state index contributed by atoms with van der Waals surface area (Å²) in [6.45, 7) is -1.44. The van der Waals surface area contributed by atoms with Crippen molar-refractivity contribution in [3.63, 3.8) is 0 Å². The molecular weight excluding hydrogens is 357 g/mol. The zero-order valence-corrected chi connectivity index (χ0v) is 14.1. The number of amides is 2. The predicted octanol–water partition coefficient (Wildman–Crippen LogP) is 4.50. The molecule has 3 aromatic carbocycles. The maximum absolute atomic E-state index is 12.4. The van der Waals surface area contributed by atoms with Crippen LogP contribution in [0.4, 0.5) is 18.0 Å². The van der Waals surface area contributed by atoms with Crippen LogP contribution in [-0.4, -0.2) is 23.9 Å². The molecule has 0 spiro atoms. The van der Waals surface area contributed by atoms with E-state index < -0.39 is 24.8 Å². The van der Waals surface area contributed by atoms with Crippen molar-refractivity contribution in [2.45, 2.75) is 12.2 Å². The van der Waals surface area contributed by atoms with Gasteiger partial charge in [-0.15, -0.1) is 0 Å². The first-order chi connectivity index (χ1) is 12.8. The van der Waals surface area contributed by atoms with Crippen molar-refractivity contribution in [1.82, 2.24) is 10.6 Å². The third-order valence-corrected chi connectivity index (χ3v) is 4.09. The molecule has 0 aliphatic heterocycles. The van der Waals surface area contributed by atoms with E-state index >= 15 is 0 Å². The van der Waals surface area contributed by atoms with Crippen molar-refractivity contribution >= 4 is 16.8 Å². The van der Waals surface area contributed by atoms with E-state index in [1.807, 2.05) is 12.1 Å². The fourth-order valence-corrected chi connectivity index (χ4v) is 2.92. The average molecular weight is 374 g/mol. The summed E-state index contributed by atoms with van der Waals surface area (Å²) in [5.41, 5.74) is 1.05. The normalized spacial score (nSPS) is 12.6. The molecule has 4 nitrogen and oxygen atoms in total. The van der Waals surface area contributed by atoms with Crippen LogP contribution in [0.5, 0.6) is 5.75 Å². The summed E-state index contributed by atoms with van der Waals surface area (Å²) >= 11 is 0. The Labute approximate surface area is 153 Å². The Morgan fingerprint density at radius 3 is 2.33 bits per heavy atom. The molecular formula is C20H17F3N2O2. The van der Waals surface area contributed by atoms with Crippen LogP contribution in [0.2, 0.25) is 0 Å². The summed E-state index contributed by atoms with van der Waals surface area (Å²) in [5.74, 6) is -0.0568. The fourth-order valence-electron chi connectivity index (χ4n) is 2.92. The lowest BCUT2D eigenvalue weighted by atomic mass is 9.93. The van der Waals surface area contributed by atoms with Crippen molar-refractivity contribution < 1.29 is 23.1 Å². The highest BCUT2D eigenvalue weighted by Crippen LogP contribution is 2.35. The van der Waals surface area contributed by atoms with Gasteiger partial charge in [-0.25, -0.2) is 4.79 Å². The van der Waals surface area contributed by atoms with Gasteiger partial charge in [0.05, 0.1) is 6.04 Å². The standard InChI is InChI=1S/C20H17F3N2O2/c21-20(22,23)12-24-19(27)25-18(14-7-2-1-3-8-14)17-15-9-5-4-6-13(15)10-11-16(17)26/h1-11,18,26H,12H2,(H2,24,25,27)/t18-/m1/s1. The first-order valence-corrected chi connectivity index (χ1v) is 8.22. The summed E-state index contributed by atoms with van der Waals surface area (Å²) in [5, 5.41) is 16.3. The van der Waals surface area contributed by atoms with Gasteiger partial charge in [-0.2, -0.15) is 13.2 Å². The Morgan fingerprint density at radius 1 is 0.963 bits per heavy atom. The van der Waals surface area contributed by atoms with Crippen LogP contribution < -0.4 is 10.6 Å². The maximum atomic E-state index is 12.4. The Morgan fingerprint density at radius 2 is 1.63 bits per heavy atom. The minimum absolute atomic E-state index is 0.0568. The Balaban J connectivity index is 2.02. The Bertz CT molecular complexity index is 943. The first kappa shape index (κ1) is 18.6. The Hall–Kier alpha value is -3.22. The summed E-state index contributed by atoms with van der Waals surface area (Å²) in [7, 11) is 0. The highest BCUT2D eigenvalue weighted by molar-refractivity contribution is 5.89. The van der Waals surface area contributed by atoms with Crippen molar-refractivity contribution in [1.29, 1.82) is 0 Å². The first-order valence-electron chi connectivity index (χ1n) is 8.22. The number of hydrogen-bond acceptors (Lipinski definition) is 2. The largest absolute Gasteiger partial charge is 0.508 e. The van der Waals surface area contributed by atoms with E-state index in [1.165, 1.54) is 6.07 Å². The molecule has 0 bridgehead atoms. The lowest BCUT2D eigenvalue weighted by Crippen LogP contribution is -2.42. The molecule has 0 aliphatic rings. The van der Waals surface area contributed by atoms with Crippen LogP contribution in [0.1, 0.15) is 17.2 Å². The number of phenols is 1. The van der Waals surface area contributed by atoms with Crippen LogP contribution in [-0.2, 0) is 0 Å². The molecule has 0 heterocycles. The van der Waals surface area contributed by atoms with Crippen molar-refractivity contribution in [3.8, 4) is 5.75 Å². The number of urea groups is 1. The summed E-state index contributed by atoms with van der Waals surface area (Å²) in [4.78, 5) is 12.1. The van der Waals surface area contributed by atoms with E-state index in [2.05, 4.69) is 5.32 Å². The van der Waals surface area contributed by atoms with E-state index in [0.717, 1.165) is 5.39 Å². The highest BCUT2D eigenvalue weighted by Gasteiger charge is 2.29. The van der Waals surface area contributed by atoms with E-state index in [-0.39, 0.29) is 5.75 Å². The maximum Gasteiger partial charge on any atom is 0.405 e. The van der Waals surface area contributed by atoms with Crippen molar-refractivity contribution in [3.05, 3.63) is 77.9 Å². The number of benzene rings is 3. The van der Waals surface area contributed by atoms with Gasteiger partial charge in [-0.3, -0.25) is 0 Å². The second kappa shape index (κ2) is 7.57. The zero-order chi connectivity index (χ0) is 19.4. The SMILES string of the molecule is O=C(NCC(F)(F)F)N[C@H](c1ccccc1)c1c(O)ccc2ccccc12. The van der Waals surface area contributed by atoms with Gasteiger partial charge in [-0.1, -0.05) is 60.7 Å². The minimum Gasteiger partial charge on any atom is -0.508 e. The molecule has 3 aromatic rings. The van der Waals surface area contributed by atoms with Gasteiger partial charge in [0.15, 0.2) is 0 Å². The van der Waals surface area contributed by atoms with Crippen LogP contribution >= 0.6 is 0 Å². The number of aromatic hydroxyl groups is 1. The quantitative estimate of drug-likeness (QED) is 0.630. The van der Waals surface area contributed by atoms with E-state index in [9.17, 15) is 23.1 Å². The number of halogens is 3. The van der Waals surface area contributed by atoms with Gasteiger partial charge >= 0.3 is 12.2 Å². The number of fused-ring (bicyclic) bond motifs is 1. The van der Waals surface area contributed by atoms with Crippen LogP contribution in [0.25, 0.3) is 10.8 Å². The zero-order valence-electron chi connectivity index (χ0n) is 14.1. The number of carbonyl (C=O) groups excluding carboxylic acids is 1. The molecule has 7 heteroatoms. The minimum atomic E-state index is -4.51. The molecule has 140 valence electrons. The smallest absolute Gasteiger partial charge is 0.405 e. The highest BCUT2D eigenvalue weighted by atomic mass is 19.4. The average Bonchev–Trinajstić information content (AvgIpc) is 2.65. The molecule has 0 aromatic heterocycles. The topological polar surface area (TPSA) is 61.4 Å². The number of phenolic OH excluding ortho intramolecular Hbond substituents is 1. The second-order valence-corrected chi connectivity index (χ2v) is 6.01. The van der Waals surface area contributed by atoms with Crippen LogP contribution in [0.3, 0.4) is 0 Å². The van der Waals surface area contributed by atoms with E-state index in [4.69, 9.17) is 0 Å². The third-order valence-electron chi connectivity index (χ3n) is 4.09. The molecule has 3 N–H and O–H groups in total. The predicted molar refractivity (Wildman–Crippen MR) is 96.5 cm³/mol. The third kappa shape index (κ3) is 4.49. The van der Waals surface area contributed by atoms with E-state index in [1.54, 1.807) is 53.8 Å². The molecule has 0 aliphatic carbocycles. The molecule has 0 saturated carbocycles.